The summed E-state index contributed by atoms with van der Waals surface area (Å²) in [5.74, 6) is -1.24. The maximum atomic E-state index is 13.8. The van der Waals surface area contributed by atoms with E-state index in [1.54, 1.807) is 54.6 Å². The minimum atomic E-state index is -1.17. The number of hydrogen-bond acceptors (Lipinski definition) is 15. The van der Waals surface area contributed by atoms with Crippen LogP contribution in [-0.2, 0) is 27.4 Å². The number of urea groups is 1. The molecule has 0 aliphatic rings. The molecule has 7 N–H and O–H groups in total. The molecule has 25 heteroatoms. The molecular weight excluding hydrogens is 977 g/mol. The Morgan fingerprint density at radius 2 is 1.28 bits per heavy atom. The molecule has 0 fully saturated rings. The molecule has 2 aromatic heterocycles. The van der Waals surface area contributed by atoms with Gasteiger partial charge < -0.3 is 49.0 Å². The first-order chi connectivity index (χ1) is 33.0. The van der Waals surface area contributed by atoms with Gasteiger partial charge in [0, 0.05) is 25.7 Å². The third kappa shape index (κ3) is 15.6. The molecule has 0 radical (unpaired) electrons. The summed E-state index contributed by atoms with van der Waals surface area (Å²) in [5.41, 5.74) is 2.61. The van der Waals surface area contributed by atoms with E-state index in [0.29, 0.717) is 44.8 Å². The fourth-order valence-corrected chi connectivity index (χ4v) is 6.88. The highest BCUT2D eigenvalue weighted by Gasteiger charge is 2.27. The number of aliphatic hydroxyl groups is 4. The highest BCUT2D eigenvalue weighted by Crippen LogP contribution is 2.25. The van der Waals surface area contributed by atoms with E-state index < -0.39 is 67.4 Å². The number of oxazole rings is 2. The van der Waals surface area contributed by atoms with E-state index in [9.17, 15) is 48.4 Å². The van der Waals surface area contributed by atoms with Crippen LogP contribution in [0.2, 0.25) is 15.1 Å². The van der Waals surface area contributed by atoms with Crippen LogP contribution in [0, 0.1) is 11.6 Å². The van der Waals surface area contributed by atoms with Gasteiger partial charge in [-0.25, -0.2) is 38.8 Å². The Balaban J connectivity index is 0.000000258. The maximum absolute atomic E-state index is 13.8. The van der Waals surface area contributed by atoms with Crippen molar-refractivity contribution in [3.63, 3.8) is 0 Å². The SMILES string of the molecule is CN(C(=O)NCc1cccc(F)c1Cl)[C@H](COC(=O)Nc1nc2cc(Cl)ccc2o1)C[C@@H](O)CO.CN([C@H](COC(=O)Nc1nc2ccccc2o1)C[C@@H](O)CO)N(C=O)Cc1cccc(F)c1Cl. The lowest BCUT2D eigenvalue weighted by atomic mass is 10.1. The number of hydrazine groups is 1. The molecular formula is C44H47Cl3F2N8O12. The Kier molecular flexibility index (Phi) is 20.1. The van der Waals surface area contributed by atoms with Crippen LogP contribution in [0.25, 0.3) is 22.2 Å². The van der Waals surface area contributed by atoms with Crippen molar-refractivity contribution in [2.24, 2.45) is 0 Å². The number of fused-ring (bicyclic) bond motifs is 2. The maximum Gasteiger partial charge on any atom is 0.415 e. The number of likely N-dealkylation sites (N-methyl/N-ethyl adjacent to an activating group) is 2. The zero-order valence-corrected chi connectivity index (χ0v) is 39.0. The van der Waals surface area contributed by atoms with Crippen LogP contribution in [0.15, 0.2) is 87.7 Å². The van der Waals surface area contributed by atoms with Crippen molar-refractivity contribution in [3.8, 4) is 0 Å². The van der Waals surface area contributed by atoms with Crippen molar-refractivity contribution < 1.29 is 66.7 Å². The Labute approximate surface area is 407 Å². The van der Waals surface area contributed by atoms with E-state index in [-0.39, 0.29) is 61.2 Å². The molecule has 4 atom stereocenters. The zero-order valence-electron chi connectivity index (χ0n) is 36.7. The van der Waals surface area contributed by atoms with Gasteiger partial charge in [-0.1, -0.05) is 71.2 Å². The highest BCUT2D eigenvalue weighted by atomic mass is 35.5. The average Bonchev–Trinajstić information content (AvgIpc) is 3.94. The summed E-state index contributed by atoms with van der Waals surface area (Å²) in [5, 5.41) is 48.4. The second-order valence-electron chi connectivity index (χ2n) is 15.0. The predicted molar refractivity (Wildman–Crippen MR) is 248 cm³/mol. The number of rotatable bonds is 20. The summed E-state index contributed by atoms with van der Waals surface area (Å²) in [6, 6.07) is 17.9. The number of ether oxygens (including phenoxy) is 2. The van der Waals surface area contributed by atoms with Gasteiger partial charge in [-0.2, -0.15) is 9.97 Å². The number of hydrogen-bond donors (Lipinski definition) is 7. The molecule has 20 nitrogen and oxygen atoms in total. The van der Waals surface area contributed by atoms with Crippen LogP contribution in [-0.4, -0.2) is 135 Å². The minimum absolute atomic E-state index is 0.0373. The number of aromatic nitrogens is 2. The second-order valence-corrected chi connectivity index (χ2v) is 16.2. The summed E-state index contributed by atoms with van der Waals surface area (Å²) in [6.45, 7) is -1.80. The second kappa shape index (κ2) is 25.8. The average molecular weight is 1020 g/mol. The van der Waals surface area contributed by atoms with Crippen molar-refractivity contribution in [2.75, 3.05) is 51.2 Å². The first-order valence-corrected chi connectivity index (χ1v) is 21.8. The molecule has 5 amide bonds. The lowest BCUT2D eigenvalue weighted by molar-refractivity contribution is -0.141. The first kappa shape index (κ1) is 53.6. The quantitative estimate of drug-likeness (QED) is 0.0315. The molecule has 0 aliphatic heterocycles. The molecule has 0 aliphatic carbocycles. The van der Waals surface area contributed by atoms with E-state index in [2.05, 4.69) is 25.9 Å². The normalized spacial score (nSPS) is 12.9. The van der Waals surface area contributed by atoms with E-state index in [4.69, 9.17) is 53.1 Å². The number of nitrogens with zero attached hydrogens (tertiary/aromatic N) is 5. The van der Waals surface area contributed by atoms with E-state index >= 15 is 0 Å². The minimum Gasteiger partial charge on any atom is -0.447 e. The monoisotopic (exact) mass is 1020 g/mol. The van der Waals surface area contributed by atoms with Gasteiger partial charge in [0.15, 0.2) is 11.2 Å². The fraction of sp³-hybridized carbons (Fsp3) is 0.318. The molecule has 6 aromatic rings. The fourth-order valence-electron chi connectivity index (χ4n) is 6.34. The van der Waals surface area contributed by atoms with Gasteiger partial charge in [-0.15, -0.1) is 0 Å². The Morgan fingerprint density at radius 3 is 1.87 bits per heavy atom. The highest BCUT2D eigenvalue weighted by molar-refractivity contribution is 6.32. The number of para-hydroxylation sites is 2. The van der Waals surface area contributed by atoms with Gasteiger partial charge in [-0.3, -0.25) is 9.80 Å². The van der Waals surface area contributed by atoms with Crippen molar-refractivity contribution >= 4 is 93.7 Å². The van der Waals surface area contributed by atoms with Gasteiger partial charge in [0.05, 0.1) is 54.1 Å². The van der Waals surface area contributed by atoms with Gasteiger partial charge in [0.25, 0.3) is 0 Å². The van der Waals surface area contributed by atoms with Gasteiger partial charge in [0.2, 0.25) is 6.41 Å². The molecule has 0 unspecified atom stereocenters. The van der Waals surface area contributed by atoms with Crippen LogP contribution >= 0.6 is 34.8 Å². The molecule has 370 valence electrons. The molecule has 0 saturated carbocycles. The first-order valence-electron chi connectivity index (χ1n) is 20.7. The summed E-state index contributed by atoms with van der Waals surface area (Å²) >= 11 is 17.8. The van der Waals surface area contributed by atoms with Crippen LogP contribution in [0.3, 0.4) is 0 Å². The van der Waals surface area contributed by atoms with Crippen molar-refractivity contribution in [1.82, 2.24) is 30.2 Å². The third-order valence-electron chi connectivity index (χ3n) is 10.1. The van der Waals surface area contributed by atoms with Crippen LogP contribution in [0.1, 0.15) is 24.0 Å². The summed E-state index contributed by atoms with van der Waals surface area (Å²) in [7, 11) is 2.95. The number of carbonyl (C=O) groups excluding carboxylic acids is 4. The molecule has 0 bridgehead atoms. The molecule has 2 heterocycles. The molecule has 69 heavy (non-hydrogen) atoms. The van der Waals surface area contributed by atoms with Gasteiger partial charge in [0.1, 0.15) is 35.9 Å². The largest absolute Gasteiger partial charge is 0.447 e. The van der Waals surface area contributed by atoms with E-state index in [0.717, 1.165) is 0 Å². The van der Waals surface area contributed by atoms with Crippen LogP contribution < -0.4 is 16.0 Å². The number of nitrogens with one attached hydrogen (secondary N) is 3. The van der Waals surface area contributed by atoms with Crippen molar-refractivity contribution in [3.05, 3.63) is 117 Å². The Morgan fingerprint density at radius 1 is 0.739 bits per heavy atom. The Hall–Kier alpha value is -6.37. The number of benzene rings is 4. The number of aliphatic hydroxyl groups excluding tert-OH is 4. The van der Waals surface area contributed by atoms with Crippen LogP contribution in [0.4, 0.5) is 35.2 Å². The van der Waals surface area contributed by atoms with E-state index in [1.165, 1.54) is 53.3 Å². The summed E-state index contributed by atoms with van der Waals surface area (Å²) in [6.07, 6.45) is -3.71. The topological polar surface area (TPSA) is 266 Å². The number of amides is 5. The number of anilines is 2. The number of carbonyl (C=O) groups is 4. The lowest BCUT2D eigenvalue weighted by Crippen LogP contribution is -2.49. The molecule has 0 spiro atoms. The predicted octanol–water partition coefficient (Wildman–Crippen LogP) is 6.56. The van der Waals surface area contributed by atoms with Crippen molar-refractivity contribution in [2.45, 2.75) is 50.2 Å². The summed E-state index contributed by atoms with van der Waals surface area (Å²) < 4.78 is 48.6. The third-order valence-corrected chi connectivity index (χ3v) is 11.2. The number of halogens is 5. The van der Waals surface area contributed by atoms with Gasteiger partial charge in [-0.05, 0) is 66.4 Å². The van der Waals surface area contributed by atoms with E-state index in [1.807, 2.05) is 0 Å². The van der Waals surface area contributed by atoms with Crippen LogP contribution in [0.5, 0.6) is 0 Å². The smallest absolute Gasteiger partial charge is 0.415 e. The molecule has 0 saturated heterocycles. The molecule has 6 rings (SSSR count). The Bertz CT molecular complexity index is 2650. The lowest BCUT2D eigenvalue weighted by Gasteiger charge is -2.36. The zero-order chi connectivity index (χ0) is 50.2. The summed E-state index contributed by atoms with van der Waals surface area (Å²) in [4.78, 5) is 58.3. The standard InChI is InChI=1S/C22H23Cl2FN4O6.C22H24ClFN4O6/c1-29(21(32)26-9-12-3-2-4-16(25)19(12)24)14(8-15(31)10-30)11-34-22(33)28-20-27-17-7-13(23)5-6-18(17)35-20;1-27(28(13-30)10-14-5-4-6-17(24)20(14)23)15(9-16(31)11-29)12-33-22(32)26-21-25-18-7-2-3-8-19(18)34-21/h2-7,14-15,30-31H,8-11H2,1H3,(H,26,32)(H,27,28,33);2-8,13,15-16,29,31H,9-12H2,1H3,(H,25,26,32)/t14-,15+;15-,16+/m00/s1. The van der Waals surface area contributed by atoms with Crippen molar-refractivity contribution in [1.29, 1.82) is 0 Å². The van der Waals surface area contributed by atoms with Gasteiger partial charge >= 0.3 is 30.2 Å². The molecule has 4 aromatic carbocycles.